The van der Waals surface area contributed by atoms with Gasteiger partial charge in [0.05, 0.1) is 6.20 Å². The Morgan fingerprint density at radius 2 is 2.15 bits per heavy atom. The lowest BCUT2D eigenvalue weighted by Crippen LogP contribution is -2.45. The Bertz CT molecular complexity index is 957. The highest BCUT2D eigenvalue weighted by atomic mass is 32.2. The average molecular weight is 395 g/mol. The molecule has 0 saturated carbocycles. The molecule has 1 saturated heterocycles. The number of rotatable bonds is 4. The standard InChI is InChI=1S/C16H21N5O5S/c1-10-15(11(2)26-20-10)27(24,25)21-6-4-3-5-12(9-21)19-16(23)13-7-18-14(22)8-17-13/h7-8,12H,3-6,9H2,1-2H3,(H,18,22)(H,19,23). The van der Waals surface area contributed by atoms with Gasteiger partial charge in [-0.1, -0.05) is 11.6 Å². The number of hydrogen-bond donors (Lipinski definition) is 2. The molecule has 1 aliphatic heterocycles. The molecule has 1 atom stereocenters. The molecule has 0 radical (unpaired) electrons. The number of carbonyl (C=O) groups is 1. The van der Waals surface area contributed by atoms with Crippen molar-refractivity contribution in [3.05, 3.63) is 39.9 Å². The SMILES string of the molecule is Cc1noc(C)c1S(=O)(=O)N1CCCCC(NC(=O)c2c[nH]c(=O)cn2)C1. The summed E-state index contributed by atoms with van der Waals surface area (Å²) in [6, 6.07) is -0.371. The minimum Gasteiger partial charge on any atom is -0.360 e. The maximum atomic E-state index is 13.0. The van der Waals surface area contributed by atoms with E-state index in [0.29, 0.717) is 25.1 Å². The van der Waals surface area contributed by atoms with Crippen LogP contribution in [0.3, 0.4) is 0 Å². The van der Waals surface area contributed by atoms with Crippen LogP contribution in [0.4, 0.5) is 0 Å². The van der Waals surface area contributed by atoms with Crippen molar-refractivity contribution in [2.45, 2.75) is 44.0 Å². The summed E-state index contributed by atoms with van der Waals surface area (Å²) in [4.78, 5) is 29.7. The van der Waals surface area contributed by atoms with Crippen LogP contribution in [0, 0.1) is 13.8 Å². The van der Waals surface area contributed by atoms with Crippen molar-refractivity contribution in [1.82, 2.24) is 24.7 Å². The Hall–Kier alpha value is -2.53. The normalized spacial score (nSPS) is 18.8. The highest BCUT2D eigenvalue weighted by molar-refractivity contribution is 7.89. The van der Waals surface area contributed by atoms with Crippen molar-refractivity contribution in [3.63, 3.8) is 0 Å². The molecule has 2 aromatic heterocycles. The number of carbonyl (C=O) groups excluding carboxylic acids is 1. The molecule has 1 fully saturated rings. The van der Waals surface area contributed by atoms with Crippen molar-refractivity contribution in [2.75, 3.05) is 13.1 Å². The van der Waals surface area contributed by atoms with E-state index in [1.165, 1.54) is 10.5 Å². The number of amides is 1. The van der Waals surface area contributed by atoms with Crippen LogP contribution in [0.15, 0.2) is 26.6 Å². The lowest BCUT2D eigenvalue weighted by atomic mass is 10.1. The Balaban J connectivity index is 1.78. The number of aromatic nitrogens is 3. The first-order valence-corrected chi connectivity index (χ1v) is 10.0. The highest BCUT2D eigenvalue weighted by Gasteiger charge is 2.34. The van der Waals surface area contributed by atoms with Gasteiger partial charge in [-0.25, -0.2) is 13.4 Å². The third-order valence-electron chi connectivity index (χ3n) is 4.44. The van der Waals surface area contributed by atoms with Crippen LogP contribution in [-0.4, -0.2) is 52.9 Å². The second-order valence-corrected chi connectivity index (χ2v) is 8.35. The fourth-order valence-corrected chi connectivity index (χ4v) is 4.96. The fraction of sp³-hybridized carbons (Fsp3) is 0.500. The topological polar surface area (TPSA) is 138 Å². The second-order valence-electron chi connectivity index (χ2n) is 6.48. The van der Waals surface area contributed by atoms with Crippen LogP contribution in [-0.2, 0) is 10.0 Å². The molecule has 0 bridgehead atoms. The summed E-state index contributed by atoms with van der Waals surface area (Å²) in [5.74, 6) is -0.220. The van der Waals surface area contributed by atoms with E-state index in [9.17, 15) is 18.0 Å². The molecule has 3 heterocycles. The van der Waals surface area contributed by atoms with Gasteiger partial charge in [0.15, 0.2) is 5.76 Å². The van der Waals surface area contributed by atoms with Gasteiger partial charge < -0.3 is 14.8 Å². The Kier molecular flexibility index (Phi) is 5.42. The van der Waals surface area contributed by atoms with Crippen LogP contribution in [0.5, 0.6) is 0 Å². The van der Waals surface area contributed by atoms with E-state index in [1.807, 2.05) is 0 Å². The first-order chi connectivity index (χ1) is 12.8. The van der Waals surface area contributed by atoms with Crippen molar-refractivity contribution in [2.24, 2.45) is 0 Å². The molecular formula is C16H21N5O5S. The highest BCUT2D eigenvalue weighted by Crippen LogP contribution is 2.25. The summed E-state index contributed by atoms with van der Waals surface area (Å²) in [5, 5.41) is 6.53. The second kappa shape index (κ2) is 7.61. The average Bonchev–Trinajstić information content (AvgIpc) is 2.82. The summed E-state index contributed by atoms with van der Waals surface area (Å²) in [6.45, 7) is 3.64. The first-order valence-electron chi connectivity index (χ1n) is 8.57. The molecule has 0 aliphatic carbocycles. The zero-order valence-electron chi connectivity index (χ0n) is 15.1. The lowest BCUT2D eigenvalue weighted by Gasteiger charge is -2.24. The van der Waals surface area contributed by atoms with Crippen LogP contribution >= 0.6 is 0 Å². The van der Waals surface area contributed by atoms with Gasteiger partial charge in [-0.3, -0.25) is 9.59 Å². The molecule has 1 aliphatic rings. The van der Waals surface area contributed by atoms with E-state index in [4.69, 9.17) is 4.52 Å². The van der Waals surface area contributed by atoms with E-state index in [2.05, 4.69) is 20.4 Å². The van der Waals surface area contributed by atoms with Crippen molar-refractivity contribution in [1.29, 1.82) is 0 Å². The molecule has 11 heteroatoms. The minimum absolute atomic E-state index is 0.0685. The van der Waals surface area contributed by atoms with Crippen molar-refractivity contribution in [3.8, 4) is 0 Å². The summed E-state index contributed by atoms with van der Waals surface area (Å²) >= 11 is 0. The van der Waals surface area contributed by atoms with Gasteiger partial charge in [-0.15, -0.1) is 0 Å². The van der Waals surface area contributed by atoms with Gasteiger partial charge >= 0.3 is 0 Å². The summed E-state index contributed by atoms with van der Waals surface area (Å²) in [7, 11) is -3.78. The van der Waals surface area contributed by atoms with E-state index < -0.39 is 21.5 Å². The van der Waals surface area contributed by atoms with Crippen molar-refractivity contribution >= 4 is 15.9 Å². The van der Waals surface area contributed by atoms with E-state index >= 15 is 0 Å². The number of sulfonamides is 1. The van der Waals surface area contributed by atoms with Gasteiger partial charge in [0.1, 0.15) is 16.3 Å². The number of hydrogen-bond acceptors (Lipinski definition) is 7. The Labute approximate surface area is 156 Å². The molecule has 2 N–H and O–H groups in total. The number of aryl methyl sites for hydroxylation is 2. The smallest absolute Gasteiger partial charge is 0.271 e. The molecule has 0 aromatic carbocycles. The minimum atomic E-state index is -3.78. The van der Waals surface area contributed by atoms with Gasteiger partial charge in [0.2, 0.25) is 10.0 Å². The molecule has 2 aromatic rings. The first kappa shape index (κ1) is 19.2. The number of nitrogens with zero attached hydrogens (tertiary/aromatic N) is 3. The third kappa shape index (κ3) is 4.08. The molecular weight excluding hydrogens is 374 g/mol. The summed E-state index contributed by atoms with van der Waals surface area (Å²) in [6.07, 6.45) is 4.36. The van der Waals surface area contributed by atoms with Crippen LogP contribution in [0.1, 0.15) is 41.2 Å². The maximum absolute atomic E-state index is 13.0. The molecule has 10 nitrogen and oxygen atoms in total. The van der Waals surface area contributed by atoms with Gasteiger partial charge in [0.25, 0.3) is 11.5 Å². The van der Waals surface area contributed by atoms with E-state index in [1.54, 1.807) is 13.8 Å². The largest absolute Gasteiger partial charge is 0.360 e. The maximum Gasteiger partial charge on any atom is 0.271 e. The fourth-order valence-electron chi connectivity index (χ4n) is 3.14. The lowest BCUT2D eigenvalue weighted by molar-refractivity contribution is 0.0926. The van der Waals surface area contributed by atoms with Crippen LogP contribution in [0.2, 0.25) is 0 Å². The number of aromatic amines is 1. The van der Waals surface area contributed by atoms with Gasteiger partial charge in [-0.2, -0.15) is 4.31 Å². The zero-order valence-corrected chi connectivity index (χ0v) is 15.9. The van der Waals surface area contributed by atoms with Crippen LogP contribution < -0.4 is 10.9 Å². The molecule has 1 amide bonds. The van der Waals surface area contributed by atoms with E-state index in [-0.39, 0.29) is 28.9 Å². The predicted octanol–water partition coefficient (Wildman–Crippen LogP) is 0.348. The predicted molar refractivity (Wildman–Crippen MR) is 94.7 cm³/mol. The Morgan fingerprint density at radius 1 is 1.37 bits per heavy atom. The van der Waals surface area contributed by atoms with E-state index in [0.717, 1.165) is 12.6 Å². The van der Waals surface area contributed by atoms with Crippen LogP contribution in [0.25, 0.3) is 0 Å². The summed E-state index contributed by atoms with van der Waals surface area (Å²) < 4.78 is 32.4. The molecule has 0 spiro atoms. The molecule has 1 unspecified atom stereocenters. The van der Waals surface area contributed by atoms with Gasteiger partial charge in [-0.05, 0) is 26.7 Å². The zero-order chi connectivity index (χ0) is 19.6. The number of nitrogens with one attached hydrogen (secondary N) is 2. The monoisotopic (exact) mass is 395 g/mol. The Morgan fingerprint density at radius 3 is 2.78 bits per heavy atom. The molecule has 146 valence electrons. The quantitative estimate of drug-likeness (QED) is 0.761. The third-order valence-corrected chi connectivity index (χ3v) is 6.55. The van der Waals surface area contributed by atoms with Crippen molar-refractivity contribution < 1.29 is 17.7 Å². The molecule has 3 rings (SSSR count). The summed E-state index contributed by atoms with van der Waals surface area (Å²) in [5.41, 5.74) is -0.0218. The van der Waals surface area contributed by atoms with Gasteiger partial charge in [0, 0.05) is 25.3 Å². The molecule has 27 heavy (non-hydrogen) atoms. The number of H-pyrrole nitrogens is 1.